The van der Waals surface area contributed by atoms with Crippen LogP contribution in [0.4, 0.5) is 0 Å². The second kappa shape index (κ2) is 10.9. The van der Waals surface area contributed by atoms with Gasteiger partial charge in [-0.05, 0) is 56.5 Å². The van der Waals surface area contributed by atoms with Gasteiger partial charge in [-0.2, -0.15) is 0 Å². The van der Waals surface area contributed by atoms with Crippen LogP contribution in [0, 0.1) is 0 Å². The Hall–Kier alpha value is -1.79. The molecule has 0 spiro atoms. The lowest BCUT2D eigenvalue weighted by atomic mass is 10.1. The molecule has 0 saturated carbocycles. The third-order valence-electron chi connectivity index (χ3n) is 3.21. The van der Waals surface area contributed by atoms with E-state index in [1.165, 1.54) is 0 Å². The summed E-state index contributed by atoms with van der Waals surface area (Å²) < 4.78 is 5.44. The lowest BCUT2D eigenvalue weighted by Crippen LogP contribution is -2.40. The summed E-state index contributed by atoms with van der Waals surface area (Å²) in [7, 11) is 0. The van der Waals surface area contributed by atoms with Crippen molar-refractivity contribution < 1.29 is 19.4 Å². The molecule has 1 aromatic rings. The summed E-state index contributed by atoms with van der Waals surface area (Å²) >= 11 is 5.57. The summed E-state index contributed by atoms with van der Waals surface area (Å²) in [5, 5.41) is 11.7. The van der Waals surface area contributed by atoms with Crippen molar-refractivity contribution in [3.05, 3.63) is 29.8 Å². The number of hydrogen-bond acceptors (Lipinski definition) is 4. The van der Waals surface area contributed by atoms with Gasteiger partial charge in [-0.25, -0.2) is 4.79 Å². The number of carboxylic acids is 1. The molecule has 1 amide bonds. The first-order chi connectivity index (χ1) is 11.1. The van der Waals surface area contributed by atoms with E-state index in [-0.39, 0.29) is 0 Å². The third kappa shape index (κ3) is 7.34. The first-order valence-electron chi connectivity index (χ1n) is 7.61. The fraction of sp³-hybridized carbons (Fsp3) is 0.500. The summed E-state index contributed by atoms with van der Waals surface area (Å²) in [5.41, 5.74) is 5.78. The van der Waals surface area contributed by atoms with Crippen LogP contribution >= 0.6 is 11.6 Å². The Morgan fingerprint density at radius 3 is 2.48 bits per heavy atom. The molecule has 0 bridgehead atoms. The Labute approximate surface area is 141 Å². The number of carboxylic acid groups (broad SMARTS) is 1. The van der Waals surface area contributed by atoms with Crippen LogP contribution in [0.15, 0.2) is 24.3 Å². The highest BCUT2D eigenvalue weighted by molar-refractivity contribution is 6.17. The number of benzene rings is 1. The number of aliphatic carboxylic acids is 1. The molecule has 1 aromatic carbocycles. The number of alkyl halides is 1. The number of ether oxygens (including phenoxy) is 1. The van der Waals surface area contributed by atoms with Crippen LogP contribution in [0.5, 0.6) is 5.75 Å². The van der Waals surface area contributed by atoms with Crippen molar-refractivity contribution in [1.82, 2.24) is 5.32 Å². The van der Waals surface area contributed by atoms with E-state index in [0.29, 0.717) is 43.2 Å². The summed E-state index contributed by atoms with van der Waals surface area (Å²) in [4.78, 5) is 23.3. The van der Waals surface area contributed by atoms with E-state index in [4.69, 9.17) is 27.2 Å². The number of halogens is 1. The smallest absolute Gasteiger partial charge is 0.326 e. The van der Waals surface area contributed by atoms with Crippen LogP contribution in [0.2, 0.25) is 0 Å². The van der Waals surface area contributed by atoms with Gasteiger partial charge in [0.2, 0.25) is 0 Å². The molecule has 128 valence electrons. The number of nitrogens with two attached hydrogens (primary N) is 1. The lowest BCUT2D eigenvalue weighted by molar-refractivity contribution is -0.139. The maximum atomic E-state index is 12.1. The minimum Gasteiger partial charge on any atom is -0.494 e. The summed E-state index contributed by atoms with van der Waals surface area (Å²) in [5.74, 6) is -0.292. The Balaban J connectivity index is 2.56. The molecule has 0 unspecified atom stereocenters. The molecule has 0 radical (unpaired) electrons. The second-order valence-corrected chi connectivity index (χ2v) is 5.44. The second-order valence-electron chi connectivity index (χ2n) is 5.06. The molecule has 0 fully saturated rings. The fourth-order valence-corrected chi connectivity index (χ4v) is 2.05. The third-order valence-corrected chi connectivity index (χ3v) is 3.48. The molecule has 0 aliphatic carbocycles. The zero-order chi connectivity index (χ0) is 17.1. The van der Waals surface area contributed by atoms with Gasteiger partial charge < -0.3 is 20.9 Å². The van der Waals surface area contributed by atoms with Gasteiger partial charge in [0.15, 0.2) is 0 Å². The van der Waals surface area contributed by atoms with E-state index in [1.54, 1.807) is 24.3 Å². The highest BCUT2D eigenvalue weighted by Gasteiger charge is 2.20. The van der Waals surface area contributed by atoms with Crippen LogP contribution in [-0.4, -0.2) is 42.1 Å². The number of carbonyl (C=O) groups is 2. The van der Waals surface area contributed by atoms with Crippen LogP contribution < -0.4 is 15.8 Å². The van der Waals surface area contributed by atoms with Gasteiger partial charge >= 0.3 is 5.97 Å². The normalized spacial score (nSPS) is 11.7. The van der Waals surface area contributed by atoms with Crippen molar-refractivity contribution in [2.75, 3.05) is 19.0 Å². The predicted octanol–water partition coefficient (Wildman–Crippen LogP) is 2.01. The number of rotatable bonds is 11. The van der Waals surface area contributed by atoms with Gasteiger partial charge in [-0.1, -0.05) is 0 Å². The van der Waals surface area contributed by atoms with Crippen molar-refractivity contribution in [2.24, 2.45) is 5.73 Å². The monoisotopic (exact) mass is 342 g/mol. The van der Waals surface area contributed by atoms with E-state index in [1.807, 2.05) is 0 Å². The highest BCUT2D eigenvalue weighted by Crippen LogP contribution is 2.13. The Bertz CT molecular complexity index is 493. The number of amides is 1. The molecule has 6 nitrogen and oxygen atoms in total. The van der Waals surface area contributed by atoms with Crippen LogP contribution in [0.25, 0.3) is 0 Å². The minimum atomic E-state index is -1.05. The number of nitrogens with one attached hydrogen (secondary N) is 1. The van der Waals surface area contributed by atoms with Gasteiger partial charge in [0.25, 0.3) is 5.91 Å². The van der Waals surface area contributed by atoms with E-state index in [2.05, 4.69) is 5.32 Å². The Morgan fingerprint density at radius 1 is 1.22 bits per heavy atom. The molecule has 4 N–H and O–H groups in total. The SMILES string of the molecule is NCCCC[C@H](NC(=O)c1ccc(OCCCCl)cc1)C(=O)O. The summed E-state index contributed by atoms with van der Waals surface area (Å²) in [6.45, 7) is 1.02. The molecule has 1 atom stereocenters. The van der Waals surface area contributed by atoms with E-state index in [9.17, 15) is 9.59 Å². The molecule has 0 aromatic heterocycles. The molecular formula is C16H23ClN2O4. The average Bonchev–Trinajstić information content (AvgIpc) is 2.54. The zero-order valence-electron chi connectivity index (χ0n) is 13.0. The van der Waals surface area contributed by atoms with E-state index in [0.717, 1.165) is 12.8 Å². The maximum absolute atomic E-state index is 12.1. The highest BCUT2D eigenvalue weighted by atomic mass is 35.5. The largest absolute Gasteiger partial charge is 0.494 e. The first kappa shape index (κ1) is 19.3. The summed E-state index contributed by atoms with van der Waals surface area (Å²) in [6.07, 6.45) is 2.49. The Morgan fingerprint density at radius 2 is 1.91 bits per heavy atom. The number of hydrogen-bond donors (Lipinski definition) is 3. The first-order valence-corrected chi connectivity index (χ1v) is 8.14. The van der Waals surface area contributed by atoms with Gasteiger partial charge in [0, 0.05) is 11.4 Å². The van der Waals surface area contributed by atoms with Crippen LogP contribution in [-0.2, 0) is 4.79 Å². The standard InChI is InChI=1S/C16H23ClN2O4/c17-9-3-11-23-13-7-5-12(6-8-13)15(20)19-14(16(21)22)4-1-2-10-18/h5-8,14H,1-4,9-11,18H2,(H,19,20)(H,21,22)/t14-/m0/s1. The summed E-state index contributed by atoms with van der Waals surface area (Å²) in [6, 6.07) is 5.64. The fourth-order valence-electron chi connectivity index (χ4n) is 1.94. The van der Waals surface area contributed by atoms with Crippen molar-refractivity contribution in [3.63, 3.8) is 0 Å². The Kier molecular flexibility index (Phi) is 9.09. The topological polar surface area (TPSA) is 102 Å². The number of carbonyl (C=O) groups excluding carboxylic acids is 1. The molecule has 0 aliphatic rings. The van der Waals surface area contributed by atoms with Crippen LogP contribution in [0.1, 0.15) is 36.0 Å². The van der Waals surface area contributed by atoms with Gasteiger partial charge in [0.1, 0.15) is 11.8 Å². The van der Waals surface area contributed by atoms with Gasteiger partial charge in [-0.15, -0.1) is 11.6 Å². The van der Waals surface area contributed by atoms with Crippen molar-refractivity contribution in [3.8, 4) is 5.75 Å². The average molecular weight is 343 g/mol. The molecule has 0 heterocycles. The predicted molar refractivity (Wildman–Crippen MR) is 89.1 cm³/mol. The molecule has 0 aliphatic heterocycles. The molecule has 0 saturated heterocycles. The molecule has 7 heteroatoms. The van der Waals surface area contributed by atoms with Gasteiger partial charge in [-0.3, -0.25) is 4.79 Å². The molecule has 1 rings (SSSR count). The van der Waals surface area contributed by atoms with E-state index >= 15 is 0 Å². The van der Waals surface area contributed by atoms with Crippen molar-refractivity contribution >= 4 is 23.5 Å². The molecule has 23 heavy (non-hydrogen) atoms. The minimum absolute atomic E-state index is 0.359. The van der Waals surface area contributed by atoms with E-state index < -0.39 is 17.9 Å². The number of unbranched alkanes of at least 4 members (excludes halogenated alkanes) is 1. The zero-order valence-corrected chi connectivity index (χ0v) is 13.7. The molecular weight excluding hydrogens is 320 g/mol. The quantitative estimate of drug-likeness (QED) is 0.422. The van der Waals surface area contributed by atoms with Gasteiger partial charge in [0.05, 0.1) is 6.61 Å². The maximum Gasteiger partial charge on any atom is 0.326 e. The van der Waals surface area contributed by atoms with Crippen molar-refractivity contribution in [1.29, 1.82) is 0 Å². The van der Waals surface area contributed by atoms with Crippen molar-refractivity contribution in [2.45, 2.75) is 31.7 Å². The lowest BCUT2D eigenvalue weighted by Gasteiger charge is -2.14. The van der Waals surface area contributed by atoms with Crippen LogP contribution in [0.3, 0.4) is 0 Å².